The molecule has 0 heteroatoms. The molecule has 0 bridgehead atoms. The molecule has 0 saturated carbocycles. The van der Waals surface area contributed by atoms with Gasteiger partial charge < -0.3 is 0 Å². The van der Waals surface area contributed by atoms with Crippen LogP contribution >= 0.6 is 0 Å². The molecule has 0 unspecified atom stereocenters. The first kappa shape index (κ1) is 8.32. The van der Waals surface area contributed by atoms with Crippen LogP contribution < -0.4 is 0 Å². The van der Waals surface area contributed by atoms with Gasteiger partial charge in [-0.25, -0.2) is 0 Å². The van der Waals surface area contributed by atoms with E-state index in [1.807, 2.05) is 0 Å². The number of allylic oxidation sites excluding steroid dienone is 6. The van der Waals surface area contributed by atoms with Crippen molar-refractivity contribution in [2.24, 2.45) is 0 Å². The molecule has 11 heavy (non-hydrogen) atoms. The van der Waals surface area contributed by atoms with Crippen LogP contribution in [-0.2, 0) is 0 Å². The van der Waals surface area contributed by atoms with Crippen LogP contribution in [-0.4, -0.2) is 0 Å². The Morgan fingerprint density at radius 3 is 1.64 bits per heavy atom. The van der Waals surface area contributed by atoms with E-state index < -0.39 is 0 Å². The SMILES string of the molecule is C1=C/C=C\CCCCCC=C1. The summed E-state index contributed by atoms with van der Waals surface area (Å²) in [5.41, 5.74) is 0. The first-order valence-electron chi connectivity index (χ1n) is 4.48. The van der Waals surface area contributed by atoms with E-state index in [1.54, 1.807) is 0 Å². The van der Waals surface area contributed by atoms with Gasteiger partial charge in [-0.3, -0.25) is 0 Å². The van der Waals surface area contributed by atoms with Gasteiger partial charge in [0.25, 0.3) is 0 Å². The number of rotatable bonds is 0. The summed E-state index contributed by atoms with van der Waals surface area (Å²) in [6, 6.07) is 0. The molecule has 0 heterocycles. The quantitative estimate of drug-likeness (QED) is 0.492. The van der Waals surface area contributed by atoms with Crippen LogP contribution in [0.5, 0.6) is 0 Å². The second kappa shape index (κ2) is 5.96. The molecule has 1 rings (SSSR count). The fourth-order valence-electron chi connectivity index (χ4n) is 1.18. The fourth-order valence-corrected chi connectivity index (χ4v) is 1.18. The summed E-state index contributed by atoms with van der Waals surface area (Å²) in [7, 11) is 0. The van der Waals surface area contributed by atoms with Crippen molar-refractivity contribution in [3.63, 3.8) is 0 Å². The Labute approximate surface area is 69.3 Å². The maximum atomic E-state index is 2.25. The highest BCUT2D eigenvalue weighted by Gasteiger charge is 1.85. The van der Waals surface area contributed by atoms with Crippen LogP contribution in [0.4, 0.5) is 0 Å². The lowest BCUT2D eigenvalue weighted by atomic mass is 10.1. The highest BCUT2D eigenvalue weighted by atomic mass is 13.9. The summed E-state index contributed by atoms with van der Waals surface area (Å²) in [6.45, 7) is 0. The molecule has 1 aliphatic carbocycles. The van der Waals surface area contributed by atoms with Crippen LogP contribution in [0.1, 0.15) is 32.1 Å². The minimum atomic E-state index is 1.24. The van der Waals surface area contributed by atoms with Crippen LogP contribution in [0.3, 0.4) is 0 Å². The Morgan fingerprint density at radius 1 is 0.545 bits per heavy atom. The predicted molar refractivity (Wildman–Crippen MR) is 50.5 cm³/mol. The summed E-state index contributed by atoms with van der Waals surface area (Å²) >= 11 is 0. The highest BCUT2D eigenvalue weighted by molar-refractivity contribution is 5.11. The van der Waals surface area contributed by atoms with Gasteiger partial charge in [-0.2, -0.15) is 0 Å². The lowest BCUT2D eigenvalue weighted by Gasteiger charge is -1.93. The van der Waals surface area contributed by atoms with Crippen molar-refractivity contribution in [1.82, 2.24) is 0 Å². The molecule has 0 nitrogen and oxygen atoms in total. The molecule has 0 atom stereocenters. The van der Waals surface area contributed by atoms with Gasteiger partial charge in [0.1, 0.15) is 0 Å². The molecule has 0 aromatic carbocycles. The second-order valence-electron chi connectivity index (χ2n) is 2.88. The average molecular weight is 148 g/mol. The lowest BCUT2D eigenvalue weighted by Crippen LogP contribution is -1.73. The monoisotopic (exact) mass is 148 g/mol. The van der Waals surface area contributed by atoms with E-state index >= 15 is 0 Å². The molecule has 0 aliphatic heterocycles. The number of hydrogen-bond acceptors (Lipinski definition) is 0. The maximum Gasteiger partial charge on any atom is -0.0348 e. The minimum absolute atomic E-state index is 1.24. The molecule has 0 saturated heterocycles. The van der Waals surface area contributed by atoms with Crippen LogP contribution in [0.15, 0.2) is 36.5 Å². The average Bonchev–Trinajstić information content (AvgIpc) is 2.08. The van der Waals surface area contributed by atoms with E-state index in [4.69, 9.17) is 0 Å². The Morgan fingerprint density at radius 2 is 1.09 bits per heavy atom. The van der Waals surface area contributed by atoms with Crippen molar-refractivity contribution in [2.45, 2.75) is 32.1 Å². The first-order chi connectivity index (χ1) is 5.50. The molecule has 1 aliphatic rings. The van der Waals surface area contributed by atoms with E-state index in [0.717, 1.165) is 0 Å². The zero-order chi connectivity index (χ0) is 7.78. The third kappa shape index (κ3) is 4.60. The minimum Gasteiger partial charge on any atom is -0.0845 e. The third-order valence-corrected chi connectivity index (χ3v) is 1.85. The molecule has 60 valence electrons. The van der Waals surface area contributed by atoms with Crippen molar-refractivity contribution in [1.29, 1.82) is 0 Å². The van der Waals surface area contributed by atoms with Gasteiger partial charge >= 0.3 is 0 Å². The molecule has 0 radical (unpaired) electrons. The van der Waals surface area contributed by atoms with Crippen molar-refractivity contribution in [2.75, 3.05) is 0 Å². The summed E-state index contributed by atoms with van der Waals surface area (Å²) < 4.78 is 0. The van der Waals surface area contributed by atoms with Crippen molar-refractivity contribution in [3.8, 4) is 0 Å². The third-order valence-electron chi connectivity index (χ3n) is 1.85. The number of hydrogen-bond donors (Lipinski definition) is 0. The summed E-state index contributed by atoms with van der Waals surface area (Å²) in [5.74, 6) is 0. The predicted octanol–water partition coefficient (Wildman–Crippen LogP) is 3.62. The van der Waals surface area contributed by atoms with Gasteiger partial charge in [-0.05, 0) is 25.7 Å². The molecular formula is C11H16. The molecule has 0 aromatic rings. The second-order valence-corrected chi connectivity index (χ2v) is 2.88. The van der Waals surface area contributed by atoms with Gasteiger partial charge in [0, 0.05) is 0 Å². The summed E-state index contributed by atoms with van der Waals surface area (Å²) in [6.07, 6.45) is 19.5. The van der Waals surface area contributed by atoms with Crippen LogP contribution in [0, 0.1) is 0 Å². The van der Waals surface area contributed by atoms with Crippen molar-refractivity contribution >= 4 is 0 Å². The van der Waals surface area contributed by atoms with E-state index in [1.165, 1.54) is 32.1 Å². The Kier molecular flexibility index (Phi) is 4.51. The van der Waals surface area contributed by atoms with Gasteiger partial charge in [0.15, 0.2) is 0 Å². The molecule has 0 N–H and O–H groups in total. The van der Waals surface area contributed by atoms with E-state index in [0.29, 0.717) is 0 Å². The van der Waals surface area contributed by atoms with Crippen LogP contribution in [0.25, 0.3) is 0 Å². The first-order valence-corrected chi connectivity index (χ1v) is 4.48. The fraction of sp³-hybridized carbons (Fsp3) is 0.455. The largest absolute Gasteiger partial charge is 0.0845 e. The maximum absolute atomic E-state index is 2.25. The standard InChI is InChI=1S/C11H16/c1-2-4-6-8-10-11-9-7-5-3-1/h1-6H,7-11H2/b2-1?,5-3-,6-4?. The van der Waals surface area contributed by atoms with Gasteiger partial charge in [-0.1, -0.05) is 42.9 Å². The lowest BCUT2D eigenvalue weighted by molar-refractivity contribution is 0.696. The Bertz CT molecular complexity index is 143. The zero-order valence-corrected chi connectivity index (χ0v) is 7.00. The van der Waals surface area contributed by atoms with E-state index in [2.05, 4.69) is 36.5 Å². The van der Waals surface area contributed by atoms with Gasteiger partial charge in [0.2, 0.25) is 0 Å². The zero-order valence-electron chi connectivity index (χ0n) is 7.00. The molecule has 0 fully saturated rings. The smallest absolute Gasteiger partial charge is 0.0348 e. The van der Waals surface area contributed by atoms with E-state index in [-0.39, 0.29) is 0 Å². The van der Waals surface area contributed by atoms with Gasteiger partial charge in [-0.15, -0.1) is 0 Å². The topological polar surface area (TPSA) is 0 Å². The van der Waals surface area contributed by atoms with Crippen LogP contribution in [0.2, 0.25) is 0 Å². The van der Waals surface area contributed by atoms with E-state index in [9.17, 15) is 0 Å². The summed E-state index contributed by atoms with van der Waals surface area (Å²) in [4.78, 5) is 0. The molecule has 0 spiro atoms. The molecule has 0 aromatic heterocycles. The van der Waals surface area contributed by atoms with Crippen molar-refractivity contribution < 1.29 is 0 Å². The highest BCUT2D eigenvalue weighted by Crippen LogP contribution is 2.05. The summed E-state index contributed by atoms with van der Waals surface area (Å²) in [5, 5.41) is 0. The molecule has 0 amide bonds. The Hall–Kier alpha value is -0.780. The molecular weight excluding hydrogens is 132 g/mol. The Balaban J connectivity index is 2.36. The van der Waals surface area contributed by atoms with Crippen molar-refractivity contribution in [3.05, 3.63) is 36.5 Å². The normalized spacial score (nSPS) is 22.5. The van der Waals surface area contributed by atoms with Gasteiger partial charge in [0.05, 0.1) is 0 Å².